The molecule has 0 aromatic heterocycles. The molecule has 0 saturated heterocycles. The highest BCUT2D eigenvalue weighted by molar-refractivity contribution is 6.00. The third-order valence-electron chi connectivity index (χ3n) is 1.04. The molecule has 0 radical (unpaired) electrons. The summed E-state index contributed by atoms with van der Waals surface area (Å²) in [6.07, 6.45) is -1.17. The fourth-order valence-electron chi connectivity index (χ4n) is 0.527. The number of carboxylic acids is 3. The van der Waals surface area contributed by atoms with Gasteiger partial charge in [-0.15, -0.1) is 0 Å². The fraction of sp³-hybridized carbons (Fsp3) is 0.167. The number of aliphatic carboxylic acids is 3. The van der Waals surface area contributed by atoms with Crippen molar-refractivity contribution in [1.29, 1.82) is 0 Å². The minimum atomic E-state index is -2.10. The second-order valence-corrected chi connectivity index (χ2v) is 1.97. The number of halogens is 1. The van der Waals surface area contributed by atoms with Gasteiger partial charge in [0.1, 0.15) is 0 Å². The average Bonchev–Trinajstić information content (AvgIpc) is 1.97. The zero-order chi connectivity index (χ0) is 10.6. The van der Waals surface area contributed by atoms with Crippen LogP contribution in [0.1, 0.15) is 6.42 Å². The van der Waals surface area contributed by atoms with Crippen molar-refractivity contribution in [3.63, 3.8) is 0 Å². The minimum Gasteiger partial charge on any atom is -0.481 e. The highest BCUT2D eigenvalue weighted by Crippen LogP contribution is 2.11. The molecule has 0 aromatic rings. The van der Waals surface area contributed by atoms with Gasteiger partial charge in [-0.25, -0.2) is 9.59 Å². The van der Waals surface area contributed by atoms with E-state index in [4.69, 9.17) is 15.3 Å². The SMILES string of the molecule is O=C(O)C/C(C(=O)O)=C(/F)C(=O)O. The van der Waals surface area contributed by atoms with Crippen LogP contribution < -0.4 is 0 Å². The molecule has 0 amide bonds. The molecule has 0 aromatic carbocycles. The van der Waals surface area contributed by atoms with Gasteiger partial charge in [-0.05, 0) is 0 Å². The summed E-state index contributed by atoms with van der Waals surface area (Å²) in [7, 11) is 0. The lowest BCUT2D eigenvalue weighted by Crippen LogP contribution is -2.12. The predicted molar refractivity (Wildman–Crippen MR) is 35.7 cm³/mol. The Morgan fingerprint density at radius 2 is 1.46 bits per heavy atom. The summed E-state index contributed by atoms with van der Waals surface area (Å²) in [4.78, 5) is 30.1. The number of hydrogen-bond acceptors (Lipinski definition) is 3. The Morgan fingerprint density at radius 1 is 1.00 bits per heavy atom. The highest BCUT2D eigenvalue weighted by Gasteiger charge is 2.22. The van der Waals surface area contributed by atoms with E-state index < -0.39 is 35.7 Å². The normalized spacial score (nSPS) is 11.8. The Hall–Kier alpha value is -1.92. The molecular weight excluding hydrogens is 187 g/mol. The van der Waals surface area contributed by atoms with E-state index in [0.29, 0.717) is 0 Å². The summed E-state index contributed by atoms with van der Waals surface area (Å²) in [6, 6.07) is 0. The van der Waals surface area contributed by atoms with E-state index in [1.165, 1.54) is 0 Å². The average molecular weight is 192 g/mol. The van der Waals surface area contributed by atoms with Crippen molar-refractivity contribution in [3.8, 4) is 0 Å². The van der Waals surface area contributed by atoms with Crippen LogP contribution in [0, 0.1) is 0 Å². The highest BCUT2D eigenvalue weighted by atomic mass is 19.1. The number of hydrogen-bond donors (Lipinski definition) is 3. The molecule has 0 unspecified atom stereocenters. The Labute approximate surface area is 70.9 Å². The third kappa shape index (κ3) is 3.32. The van der Waals surface area contributed by atoms with Gasteiger partial charge in [0.25, 0.3) is 0 Å². The lowest BCUT2D eigenvalue weighted by molar-refractivity contribution is -0.140. The van der Waals surface area contributed by atoms with Crippen LogP contribution in [0.3, 0.4) is 0 Å². The van der Waals surface area contributed by atoms with Gasteiger partial charge in [0.2, 0.25) is 5.83 Å². The van der Waals surface area contributed by atoms with Gasteiger partial charge >= 0.3 is 17.9 Å². The van der Waals surface area contributed by atoms with Gasteiger partial charge in [0.05, 0.1) is 12.0 Å². The van der Waals surface area contributed by atoms with Crippen LogP contribution in [-0.2, 0) is 14.4 Å². The van der Waals surface area contributed by atoms with Crippen LogP contribution in [0.15, 0.2) is 11.4 Å². The lowest BCUT2D eigenvalue weighted by Gasteiger charge is -1.97. The molecule has 0 saturated carbocycles. The van der Waals surface area contributed by atoms with E-state index in [9.17, 15) is 18.8 Å². The molecule has 0 atom stereocenters. The first-order valence-corrected chi connectivity index (χ1v) is 2.93. The topological polar surface area (TPSA) is 112 Å². The fourth-order valence-corrected chi connectivity index (χ4v) is 0.527. The molecule has 0 aliphatic carbocycles. The van der Waals surface area contributed by atoms with Crippen LogP contribution >= 0.6 is 0 Å². The lowest BCUT2D eigenvalue weighted by atomic mass is 10.1. The summed E-state index contributed by atoms with van der Waals surface area (Å²) in [5.41, 5.74) is -1.28. The Kier molecular flexibility index (Phi) is 3.57. The van der Waals surface area contributed by atoms with E-state index in [2.05, 4.69) is 0 Å². The number of carbonyl (C=O) groups is 3. The van der Waals surface area contributed by atoms with Gasteiger partial charge in [0, 0.05) is 0 Å². The van der Waals surface area contributed by atoms with E-state index in [0.717, 1.165) is 0 Å². The maximum absolute atomic E-state index is 12.4. The first kappa shape index (κ1) is 11.1. The van der Waals surface area contributed by atoms with Crippen molar-refractivity contribution in [2.24, 2.45) is 0 Å². The largest absolute Gasteiger partial charge is 0.481 e. The van der Waals surface area contributed by atoms with Crippen molar-refractivity contribution in [3.05, 3.63) is 11.4 Å². The Morgan fingerprint density at radius 3 is 1.69 bits per heavy atom. The van der Waals surface area contributed by atoms with Crippen LogP contribution in [0.4, 0.5) is 4.39 Å². The zero-order valence-electron chi connectivity index (χ0n) is 6.15. The monoisotopic (exact) mass is 192 g/mol. The van der Waals surface area contributed by atoms with Crippen molar-refractivity contribution in [1.82, 2.24) is 0 Å². The van der Waals surface area contributed by atoms with Crippen LogP contribution in [-0.4, -0.2) is 33.2 Å². The first-order chi connectivity index (χ1) is 5.86. The summed E-state index contributed by atoms with van der Waals surface area (Å²) >= 11 is 0. The van der Waals surface area contributed by atoms with Gasteiger partial charge in [-0.2, -0.15) is 4.39 Å². The van der Waals surface area contributed by atoms with Crippen LogP contribution in [0.25, 0.3) is 0 Å². The number of carboxylic acid groups (broad SMARTS) is 3. The molecule has 0 spiro atoms. The molecule has 7 heteroatoms. The molecule has 3 N–H and O–H groups in total. The Balaban J connectivity index is 5.00. The molecule has 0 bridgehead atoms. The molecule has 13 heavy (non-hydrogen) atoms. The summed E-state index contributed by atoms with van der Waals surface area (Å²) in [5, 5.41) is 24.3. The standard InChI is InChI=1S/C6H5FO6/c7-4(6(12)13)2(5(10)11)1-3(8)9/h1H2,(H,8,9)(H,10,11)(H,12,13)/b4-2-. The van der Waals surface area contributed by atoms with E-state index >= 15 is 0 Å². The Bertz CT molecular complexity index is 291. The summed E-state index contributed by atoms with van der Waals surface area (Å²) < 4.78 is 12.4. The van der Waals surface area contributed by atoms with Gasteiger partial charge in [-0.1, -0.05) is 0 Å². The summed E-state index contributed by atoms with van der Waals surface area (Å²) in [5.74, 6) is -7.58. The van der Waals surface area contributed by atoms with Crippen LogP contribution in [0.2, 0.25) is 0 Å². The molecule has 0 aliphatic heterocycles. The van der Waals surface area contributed by atoms with Gasteiger partial charge in [-0.3, -0.25) is 4.79 Å². The summed E-state index contributed by atoms with van der Waals surface area (Å²) in [6.45, 7) is 0. The van der Waals surface area contributed by atoms with Crippen molar-refractivity contribution >= 4 is 17.9 Å². The smallest absolute Gasteiger partial charge is 0.365 e. The van der Waals surface area contributed by atoms with E-state index in [-0.39, 0.29) is 0 Å². The molecule has 72 valence electrons. The first-order valence-electron chi connectivity index (χ1n) is 2.93. The maximum atomic E-state index is 12.4. The van der Waals surface area contributed by atoms with E-state index in [1.54, 1.807) is 0 Å². The second-order valence-electron chi connectivity index (χ2n) is 1.97. The van der Waals surface area contributed by atoms with Crippen molar-refractivity contribution in [2.75, 3.05) is 0 Å². The molecule has 0 rings (SSSR count). The maximum Gasteiger partial charge on any atom is 0.365 e. The van der Waals surface area contributed by atoms with Gasteiger partial charge < -0.3 is 15.3 Å². The van der Waals surface area contributed by atoms with Gasteiger partial charge in [0.15, 0.2) is 0 Å². The molecule has 0 aliphatic rings. The second kappa shape index (κ2) is 4.19. The third-order valence-corrected chi connectivity index (χ3v) is 1.04. The molecule has 0 fully saturated rings. The molecular formula is C6H5FO6. The van der Waals surface area contributed by atoms with E-state index in [1.807, 2.05) is 0 Å². The molecule has 6 nitrogen and oxygen atoms in total. The molecule has 0 heterocycles. The minimum absolute atomic E-state index is 1.17. The zero-order valence-corrected chi connectivity index (χ0v) is 6.15. The predicted octanol–water partition coefficient (Wildman–Crippen LogP) is -0.146. The van der Waals surface area contributed by atoms with Crippen molar-refractivity contribution < 1.29 is 34.1 Å². The number of rotatable bonds is 4. The van der Waals surface area contributed by atoms with Crippen molar-refractivity contribution in [2.45, 2.75) is 6.42 Å². The van der Waals surface area contributed by atoms with Crippen LogP contribution in [0.5, 0.6) is 0 Å². The quantitative estimate of drug-likeness (QED) is 0.534.